The van der Waals surface area contributed by atoms with E-state index in [0.29, 0.717) is 10.8 Å². The van der Waals surface area contributed by atoms with Crippen molar-refractivity contribution in [2.45, 2.75) is 137 Å². The highest BCUT2D eigenvalue weighted by molar-refractivity contribution is 5.10. The highest BCUT2D eigenvalue weighted by atomic mass is 15.0. The van der Waals surface area contributed by atoms with Crippen molar-refractivity contribution in [3.05, 3.63) is 12.3 Å². The molecule has 4 rings (SSSR count). The molecule has 4 saturated carbocycles. The van der Waals surface area contributed by atoms with E-state index in [0.717, 1.165) is 41.9 Å². The first-order chi connectivity index (χ1) is 15.1. The largest absolute Gasteiger partial charge is 0.384 e. The molecule has 0 spiro atoms. The molecule has 0 aromatic carbocycles. The normalized spacial score (nSPS) is 43.8. The number of allylic oxidation sites excluding steroid dienone is 1. The van der Waals surface area contributed by atoms with Gasteiger partial charge in [0.2, 0.25) is 0 Å². The fourth-order valence-corrected chi connectivity index (χ4v) is 9.92. The molecule has 0 aromatic rings. The Labute approximate surface area is 201 Å². The van der Waals surface area contributed by atoms with Crippen LogP contribution in [0.1, 0.15) is 131 Å². The average Bonchev–Trinajstić information content (AvgIpc) is 3.05. The van der Waals surface area contributed by atoms with Crippen LogP contribution >= 0.6 is 0 Å². The van der Waals surface area contributed by atoms with Crippen LogP contribution in [0.15, 0.2) is 12.3 Å². The summed E-state index contributed by atoms with van der Waals surface area (Å²) in [4.78, 5) is 0. The lowest BCUT2D eigenvalue weighted by Gasteiger charge is -2.62. The molecule has 0 radical (unpaired) electrons. The van der Waals surface area contributed by atoms with Crippen molar-refractivity contribution < 1.29 is 0 Å². The van der Waals surface area contributed by atoms with Crippen LogP contribution in [0.5, 0.6) is 0 Å². The minimum absolute atomic E-state index is 0.145. The van der Waals surface area contributed by atoms with Crippen LogP contribution in [0.3, 0.4) is 0 Å². The third-order valence-corrected chi connectivity index (χ3v) is 11.3. The van der Waals surface area contributed by atoms with Crippen molar-refractivity contribution in [2.24, 2.45) is 46.3 Å². The van der Waals surface area contributed by atoms with E-state index in [1.165, 1.54) is 76.3 Å². The lowest BCUT2D eigenvalue weighted by atomic mass is 9.42. The van der Waals surface area contributed by atoms with Gasteiger partial charge in [-0.15, -0.1) is 0 Å². The van der Waals surface area contributed by atoms with E-state index in [1.807, 2.05) is 0 Å². The summed E-state index contributed by atoms with van der Waals surface area (Å²) in [7, 11) is 0. The van der Waals surface area contributed by atoms with Crippen LogP contribution in [0.4, 0.5) is 0 Å². The van der Waals surface area contributed by atoms with Crippen molar-refractivity contribution in [1.82, 2.24) is 5.32 Å². The number of hydrogen-bond donors (Lipinski definition) is 1. The maximum absolute atomic E-state index is 4.28. The number of nitrogens with one attached hydrogen (secondary N) is 1. The monoisotopic (exact) mass is 441 g/mol. The summed E-state index contributed by atoms with van der Waals surface area (Å²) in [6, 6.07) is 0. The van der Waals surface area contributed by atoms with Crippen molar-refractivity contribution in [2.75, 3.05) is 0 Å². The highest BCUT2D eigenvalue weighted by Crippen LogP contribution is 2.69. The second-order valence-corrected chi connectivity index (χ2v) is 14.2. The SMILES string of the molecule is C=C(CCCCC1CCC2C3C[C@H](CC)C4CCCCC4(C)[C@H]3CCC12C)NC(C)(C)C. The molecule has 4 aliphatic carbocycles. The lowest BCUT2D eigenvalue weighted by molar-refractivity contribution is -0.135. The van der Waals surface area contributed by atoms with E-state index < -0.39 is 0 Å². The van der Waals surface area contributed by atoms with Crippen molar-refractivity contribution in [3.63, 3.8) is 0 Å². The fourth-order valence-electron chi connectivity index (χ4n) is 9.92. The van der Waals surface area contributed by atoms with Gasteiger partial charge in [0.25, 0.3) is 0 Å². The van der Waals surface area contributed by atoms with E-state index in [9.17, 15) is 0 Å². The Hall–Kier alpha value is -0.460. The molecule has 1 N–H and O–H groups in total. The summed E-state index contributed by atoms with van der Waals surface area (Å²) in [5.74, 6) is 6.15. The molecule has 4 aliphatic rings. The van der Waals surface area contributed by atoms with Crippen LogP contribution < -0.4 is 5.32 Å². The molecule has 6 unspecified atom stereocenters. The van der Waals surface area contributed by atoms with Gasteiger partial charge in [0.05, 0.1) is 0 Å². The van der Waals surface area contributed by atoms with Gasteiger partial charge in [-0.2, -0.15) is 0 Å². The Morgan fingerprint density at radius 3 is 2.38 bits per heavy atom. The van der Waals surface area contributed by atoms with Gasteiger partial charge >= 0.3 is 0 Å². The number of hydrogen-bond acceptors (Lipinski definition) is 1. The van der Waals surface area contributed by atoms with Gasteiger partial charge in [0.1, 0.15) is 0 Å². The third-order valence-electron chi connectivity index (χ3n) is 11.3. The molecule has 0 heterocycles. The molecule has 32 heavy (non-hydrogen) atoms. The number of fused-ring (bicyclic) bond motifs is 5. The smallest absolute Gasteiger partial charge is 0.0286 e. The van der Waals surface area contributed by atoms with Gasteiger partial charge in [-0.05, 0) is 131 Å². The predicted molar refractivity (Wildman–Crippen MR) is 139 cm³/mol. The topological polar surface area (TPSA) is 12.0 Å². The number of unbranched alkanes of at least 4 members (excludes halogenated alkanes) is 1. The Bertz CT molecular complexity index is 658. The van der Waals surface area contributed by atoms with Crippen LogP contribution in [0, 0.1) is 46.3 Å². The molecule has 1 nitrogen and oxygen atoms in total. The Kier molecular flexibility index (Phi) is 7.16. The average molecular weight is 442 g/mol. The van der Waals surface area contributed by atoms with Gasteiger partial charge < -0.3 is 5.32 Å². The molecule has 0 amide bonds. The van der Waals surface area contributed by atoms with Gasteiger partial charge in [-0.25, -0.2) is 0 Å². The minimum atomic E-state index is 0.145. The van der Waals surface area contributed by atoms with Gasteiger partial charge in [-0.1, -0.05) is 53.0 Å². The fraction of sp³-hybridized carbons (Fsp3) is 0.935. The van der Waals surface area contributed by atoms with Gasteiger partial charge in [0, 0.05) is 11.2 Å². The van der Waals surface area contributed by atoms with Crippen LogP contribution in [-0.4, -0.2) is 5.54 Å². The summed E-state index contributed by atoms with van der Waals surface area (Å²) in [5.41, 5.74) is 2.68. The van der Waals surface area contributed by atoms with Crippen molar-refractivity contribution in [1.29, 1.82) is 0 Å². The highest BCUT2D eigenvalue weighted by Gasteiger charge is 2.60. The number of rotatable bonds is 7. The lowest BCUT2D eigenvalue weighted by Crippen LogP contribution is -2.55. The zero-order valence-electron chi connectivity index (χ0n) is 22.6. The zero-order valence-corrected chi connectivity index (χ0v) is 22.6. The predicted octanol–water partition coefficient (Wildman–Crippen LogP) is 9.13. The molecule has 4 fully saturated rings. The first kappa shape index (κ1) is 24.7. The summed E-state index contributed by atoms with van der Waals surface area (Å²) >= 11 is 0. The molecule has 184 valence electrons. The molecular weight excluding hydrogens is 386 g/mol. The van der Waals surface area contributed by atoms with E-state index in [-0.39, 0.29) is 5.54 Å². The second kappa shape index (κ2) is 9.30. The Morgan fingerprint density at radius 1 is 0.906 bits per heavy atom. The Balaban J connectivity index is 1.37. The summed E-state index contributed by atoms with van der Waals surface area (Å²) in [5, 5.41) is 3.57. The third kappa shape index (κ3) is 4.57. The van der Waals surface area contributed by atoms with Gasteiger partial charge in [0.15, 0.2) is 0 Å². The van der Waals surface area contributed by atoms with Gasteiger partial charge in [-0.3, -0.25) is 0 Å². The van der Waals surface area contributed by atoms with E-state index in [4.69, 9.17) is 0 Å². The standard InChI is InChI=1S/C31H55N/c1-8-23-21-25-27-17-16-24(14-10-9-13-22(2)32-29(3,4)5)30(27,6)20-18-28(25)31(7)19-12-11-15-26(23)31/h23-28,32H,2,8-21H2,1,3-7H3/t23-,24?,25?,26?,27?,28-,30?,31?/m0/s1. The van der Waals surface area contributed by atoms with E-state index in [2.05, 4.69) is 53.4 Å². The van der Waals surface area contributed by atoms with Crippen molar-refractivity contribution >= 4 is 0 Å². The summed E-state index contributed by atoms with van der Waals surface area (Å²) < 4.78 is 0. The van der Waals surface area contributed by atoms with Crippen LogP contribution in [0.2, 0.25) is 0 Å². The summed E-state index contributed by atoms with van der Waals surface area (Å²) in [6.45, 7) is 19.0. The van der Waals surface area contributed by atoms with E-state index in [1.54, 1.807) is 12.8 Å². The molecule has 0 aromatic heterocycles. The quantitative estimate of drug-likeness (QED) is 0.388. The molecule has 0 aliphatic heterocycles. The first-order valence-electron chi connectivity index (χ1n) is 14.5. The van der Waals surface area contributed by atoms with Crippen molar-refractivity contribution in [3.8, 4) is 0 Å². The Morgan fingerprint density at radius 2 is 1.66 bits per heavy atom. The molecule has 8 atom stereocenters. The molecule has 0 bridgehead atoms. The summed E-state index contributed by atoms with van der Waals surface area (Å²) in [6.07, 6.45) is 20.5. The molecule has 0 saturated heterocycles. The van der Waals surface area contributed by atoms with E-state index >= 15 is 0 Å². The second-order valence-electron chi connectivity index (χ2n) is 14.2. The van der Waals surface area contributed by atoms with Crippen LogP contribution in [-0.2, 0) is 0 Å². The maximum Gasteiger partial charge on any atom is 0.0286 e. The van der Waals surface area contributed by atoms with Crippen LogP contribution in [0.25, 0.3) is 0 Å². The maximum atomic E-state index is 4.28. The first-order valence-corrected chi connectivity index (χ1v) is 14.5. The minimum Gasteiger partial charge on any atom is -0.384 e. The molecular formula is C31H55N. The zero-order chi connectivity index (χ0) is 23.1. The molecule has 1 heteroatoms.